The quantitative estimate of drug-likeness (QED) is 0.764. The van der Waals surface area contributed by atoms with E-state index in [0.29, 0.717) is 19.6 Å². The number of hydrogen-bond acceptors (Lipinski definition) is 2. The van der Waals surface area contributed by atoms with Gasteiger partial charge in [-0.3, -0.25) is 0 Å². The van der Waals surface area contributed by atoms with Gasteiger partial charge in [-0.1, -0.05) is 11.6 Å². The SMILES string of the molecule is CCOc1ccc(C2CC=C(C)CO2)c(F)c1F. The van der Waals surface area contributed by atoms with Crippen molar-refractivity contribution in [3.05, 3.63) is 41.0 Å². The minimum absolute atomic E-state index is 0.0544. The summed E-state index contributed by atoms with van der Waals surface area (Å²) in [5.74, 6) is -1.87. The molecule has 4 heteroatoms. The van der Waals surface area contributed by atoms with Gasteiger partial charge in [-0.05, 0) is 32.4 Å². The van der Waals surface area contributed by atoms with Gasteiger partial charge < -0.3 is 9.47 Å². The molecule has 0 aromatic heterocycles. The van der Waals surface area contributed by atoms with Gasteiger partial charge in [0.15, 0.2) is 11.6 Å². The molecule has 98 valence electrons. The van der Waals surface area contributed by atoms with Crippen molar-refractivity contribution in [2.24, 2.45) is 0 Å². The van der Waals surface area contributed by atoms with E-state index in [9.17, 15) is 8.78 Å². The van der Waals surface area contributed by atoms with Crippen LogP contribution in [0.3, 0.4) is 0 Å². The first-order valence-corrected chi connectivity index (χ1v) is 6.01. The highest BCUT2D eigenvalue weighted by Crippen LogP contribution is 2.32. The van der Waals surface area contributed by atoms with Crippen LogP contribution in [0.4, 0.5) is 8.78 Å². The largest absolute Gasteiger partial charge is 0.491 e. The molecule has 1 unspecified atom stereocenters. The van der Waals surface area contributed by atoms with Crippen molar-refractivity contribution in [1.29, 1.82) is 0 Å². The molecule has 0 saturated carbocycles. The first-order valence-electron chi connectivity index (χ1n) is 6.01. The van der Waals surface area contributed by atoms with Crippen LogP contribution in [0, 0.1) is 11.6 Å². The molecule has 0 N–H and O–H groups in total. The Kier molecular flexibility index (Phi) is 3.97. The summed E-state index contributed by atoms with van der Waals surface area (Å²) in [6.07, 6.45) is 2.14. The van der Waals surface area contributed by atoms with Gasteiger partial charge in [0.05, 0.1) is 19.3 Å². The third-order valence-electron chi connectivity index (χ3n) is 2.92. The van der Waals surface area contributed by atoms with Gasteiger partial charge in [-0.25, -0.2) is 4.39 Å². The molecule has 2 rings (SSSR count). The molecular formula is C14H16F2O2. The summed E-state index contributed by atoms with van der Waals surface area (Å²) in [6, 6.07) is 2.98. The van der Waals surface area contributed by atoms with Crippen LogP contribution in [0.5, 0.6) is 5.75 Å². The zero-order chi connectivity index (χ0) is 13.1. The molecule has 0 aliphatic carbocycles. The van der Waals surface area contributed by atoms with Gasteiger partial charge in [-0.15, -0.1) is 0 Å². The highest BCUT2D eigenvalue weighted by Gasteiger charge is 2.23. The highest BCUT2D eigenvalue weighted by molar-refractivity contribution is 5.33. The summed E-state index contributed by atoms with van der Waals surface area (Å²) in [4.78, 5) is 0. The molecule has 1 atom stereocenters. The van der Waals surface area contributed by atoms with E-state index >= 15 is 0 Å². The molecule has 1 aliphatic rings. The lowest BCUT2D eigenvalue weighted by molar-refractivity contribution is 0.0585. The lowest BCUT2D eigenvalue weighted by atomic mass is 10.0. The lowest BCUT2D eigenvalue weighted by Gasteiger charge is -2.22. The van der Waals surface area contributed by atoms with Gasteiger partial charge in [-0.2, -0.15) is 4.39 Å². The maximum absolute atomic E-state index is 13.9. The van der Waals surface area contributed by atoms with E-state index in [2.05, 4.69) is 0 Å². The van der Waals surface area contributed by atoms with Gasteiger partial charge in [0, 0.05) is 5.56 Å². The van der Waals surface area contributed by atoms with Gasteiger partial charge in [0.2, 0.25) is 5.82 Å². The van der Waals surface area contributed by atoms with Crippen molar-refractivity contribution in [3.8, 4) is 5.75 Å². The number of halogens is 2. The van der Waals surface area contributed by atoms with Gasteiger partial charge >= 0.3 is 0 Å². The summed E-state index contributed by atoms with van der Waals surface area (Å²) >= 11 is 0. The molecule has 1 aromatic rings. The molecule has 1 aliphatic heterocycles. The molecule has 2 nitrogen and oxygen atoms in total. The Hall–Kier alpha value is -1.42. The van der Waals surface area contributed by atoms with Crippen molar-refractivity contribution in [1.82, 2.24) is 0 Å². The Labute approximate surface area is 105 Å². The van der Waals surface area contributed by atoms with E-state index in [0.717, 1.165) is 5.57 Å². The fraction of sp³-hybridized carbons (Fsp3) is 0.429. The van der Waals surface area contributed by atoms with Crippen LogP contribution < -0.4 is 4.74 Å². The smallest absolute Gasteiger partial charge is 0.200 e. The second kappa shape index (κ2) is 5.48. The minimum atomic E-state index is -0.941. The van der Waals surface area contributed by atoms with Crippen LogP contribution >= 0.6 is 0 Å². The first-order chi connectivity index (χ1) is 8.63. The Morgan fingerprint density at radius 2 is 2.11 bits per heavy atom. The number of ether oxygens (including phenoxy) is 2. The zero-order valence-electron chi connectivity index (χ0n) is 10.5. The number of rotatable bonds is 3. The topological polar surface area (TPSA) is 18.5 Å². The van der Waals surface area contributed by atoms with E-state index in [1.54, 1.807) is 6.92 Å². The van der Waals surface area contributed by atoms with E-state index in [4.69, 9.17) is 9.47 Å². The van der Waals surface area contributed by atoms with E-state index in [-0.39, 0.29) is 11.3 Å². The fourth-order valence-electron chi connectivity index (χ4n) is 1.95. The van der Waals surface area contributed by atoms with Crippen LogP contribution in [-0.2, 0) is 4.74 Å². The number of hydrogen-bond donors (Lipinski definition) is 0. The average molecular weight is 254 g/mol. The summed E-state index contributed by atoms with van der Waals surface area (Å²) in [6.45, 7) is 4.44. The van der Waals surface area contributed by atoms with Crippen LogP contribution in [0.25, 0.3) is 0 Å². The van der Waals surface area contributed by atoms with Crippen LogP contribution in [-0.4, -0.2) is 13.2 Å². The fourth-order valence-corrected chi connectivity index (χ4v) is 1.95. The van der Waals surface area contributed by atoms with Gasteiger partial charge in [0.1, 0.15) is 0 Å². The van der Waals surface area contributed by atoms with Crippen molar-refractivity contribution in [2.45, 2.75) is 26.4 Å². The van der Waals surface area contributed by atoms with Crippen molar-refractivity contribution >= 4 is 0 Å². The third kappa shape index (κ3) is 2.53. The molecule has 1 aromatic carbocycles. The summed E-state index contributed by atoms with van der Waals surface area (Å²) in [5, 5.41) is 0. The summed E-state index contributed by atoms with van der Waals surface area (Å²) in [5.41, 5.74) is 1.36. The van der Waals surface area contributed by atoms with Crippen molar-refractivity contribution in [2.75, 3.05) is 13.2 Å². The Bertz CT molecular complexity index is 469. The van der Waals surface area contributed by atoms with Gasteiger partial charge in [0.25, 0.3) is 0 Å². The zero-order valence-corrected chi connectivity index (χ0v) is 10.5. The van der Waals surface area contributed by atoms with Crippen LogP contribution in [0.1, 0.15) is 31.9 Å². The molecular weight excluding hydrogens is 238 g/mol. The molecule has 0 saturated heterocycles. The van der Waals surface area contributed by atoms with Crippen LogP contribution in [0.15, 0.2) is 23.8 Å². The third-order valence-corrected chi connectivity index (χ3v) is 2.92. The highest BCUT2D eigenvalue weighted by atomic mass is 19.2. The first kappa shape index (κ1) is 13.0. The molecule has 0 amide bonds. The molecule has 1 heterocycles. The standard InChI is InChI=1S/C14H16F2O2/c1-3-17-12-7-5-10(13(15)14(12)16)11-6-4-9(2)8-18-11/h4-5,7,11H,3,6,8H2,1-2H3. The molecule has 0 radical (unpaired) electrons. The monoisotopic (exact) mass is 254 g/mol. The second-order valence-electron chi connectivity index (χ2n) is 4.30. The van der Waals surface area contributed by atoms with E-state index in [1.165, 1.54) is 12.1 Å². The maximum atomic E-state index is 13.9. The lowest BCUT2D eigenvalue weighted by Crippen LogP contribution is -2.13. The maximum Gasteiger partial charge on any atom is 0.200 e. The molecule has 0 spiro atoms. The predicted molar refractivity (Wildman–Crippen MR) is 64.6 cm³/mol. The predicted octanol–water partition coefficient (Wildman–Crippen LogP) is 3.77. The Balaban J connectivity index is 2.27. The minimum Gasteiger partial charge on any atom is -0.491 e. The summed E-state index contributed by atoms with van der Waals surface area (Å²) in [7, 11) is 0. The normalized spacial score (nSPS) is 19.6. The second-order valence-corrected chi connectivity index (χ2v) is 4.30. The van der Waals surface area contributed by atoms with E-state index < -0.39 is 17.7 Å². The van der Waals surface area contributed by atoms with Crippen LogP contribution in [0.2, 0.25) is 0 Å². The van der Waals surface area contributed by atoms with Crippen molar-refractivity contribution < 1.29 is 18.3 Å². The Morgan fingerprint density at radius 3 is 2.72 bits per heavy atom. The molecule has 0 fully saturated rings. The molecule has 0 bridgehead atoms. The average Bonchev–Trinajstić information content (AvgIpc) is 2.37. The van der Waals surface area contributed by atoms with E-state index in [1.807, 2.05) is 13.0 Å². The molecule has 18 heavy (non-hydrogen) atoms. The Morgan fingerprint density at radius 1 is 1.33 bits per heavy atom. The van der Waals surface area contributed by atoms with Crippen molar-refractivity contribution in [3.63, 3.8) is 0 Å². The number of benzene rings is 1. The summed E-state index contributed by atoms with van der Waals surface area (Å²) < 4.78 is 38.1.